The van der Waals surface area contributed by atoms with E-state index in [4.69, 9.17) is 16.6 Å². The smallest absolute Gasteiger partial charge is 0.224 e. The summed E-state index contributed by atoms with van der Waals surface area (Å²) in [6.07, 6.45) is 4.44. The maximum atomic E-state index is 13.0. The second-order valence-electron chi connectivity index (χ2n) is 8.12. The minimum absolute atomic E-state index is 0.0205. The third kappa shape index (κ3) is 4.01. The highest BCUT2D eigenvalue weighted by molar-refractivity contribution is 6.31. The van der Waals surface area contributed by atoms with Crippen LogP contribution in [0, 0.1) is 13.8 Å². The molecule has 1 fully saturated rings. The third-order valence-corrected chi connectivity index (χ3v) is 6.52. The van der Waals surface area contributed by atoms with Crippen LogP contribution in [0.5, 0.6) is 0 Å². The molecule has 3 heterocycles. The van der Waals surface area contributed by atoms with E-state index in [2.05, 4.69) is 29.4 Å². The molecular formula is C23H27ClN4O. The molecule has 0 bridgehead atoms. The Hall–Kier alpha value is -2.40. The first-order chi connectivity index (χ1) is 13.9. The van der Waals surface area contributed by atoms with Gasteiger partial charge in [-0.2, -0.15) is 5.10 Å². The quantitative estimate of drug-likeness (QED) is 0.604. The highest BCUT2D eigenvalue weighted by atomic mass is 35.5. The lowest BCUT2D eigenvalue weighted by molar-refractivity contribution is -0.133. The molecule has 0 radical (unpaired) electrons. The number of likely N-dealkylation sites (tertiary alicyclic amines) is 1. The van der Waals surface area contributed by atoms with Gasteiger partial charge in [0.05, 0.1) is 22.5 Å². The van der Waals surface area contributed by atoms with Crippen LogP contribution < -0.4 is 0 Å². The summed E-state index contributed by atoms with van der Waals surface area (Å²) < 4.78 is 1.88. The van der Waals surface area contributed by atoms with E-state index >= 15 is 0 Å². The molecule has 1 saturated heterocycles. The van der Waals surface area contributed by atoms with Crippen molar-refractivity contribution < 1.29 is 4.79 Å². The average Bonchev–Trinajstić information content (AvgIpc) is 3.01. The number of aromatic nitrogens is 3. The van der Waals surface area contributed by atoms with Gasteiger partial charge in [0.15, 0.2) is 0 Å². The second-order valence-corrected chi connectivity index (χ2v) is 8.50. The number of nitrogens with zero attached hydrogens (tertiary/aromatic N) is 4. The topological polar surface area (TPSA) is 51.0 Å². The first-order valence-electron chi connectivity index (χ1n) is 10.3. The Morgan fingerprint density at radius 1 is 1.28 bits per heavy atom. The van der Waals surface area contributed by atoms with Gasteiger partial charge < -0.3 is 4.90 Å². The predicted octanol–water partition coefficient (Wildman–Crippen LogP) is 5.06. The van der Waals surface area contributed by atoms with Crippen molar-refractivity contribution in [2.24, 2.45) is 0 Å². The Morgan fingerprint density at radius 2 is 2.03 bits per heavy atom. The first-order valence-corrected chi connectivity index (χ1v) is 10.7. The highest BCUT2D eigenvalue weighted by Gasteiger charge is 2.27. The highest BCUT2D eigenvalue weighted by Crippen LogP contribution is 2.29. The lowest BCUT2D eigenvalue weighted by Crippen LogP contribution is -2.40. The number of pyridine rings is 1. The van der Waals surface area contributed by atoms with Crippen LogP contribution in [0.3, 0.4) is 0 Å². The largest absolute Gasteiger partial charge is 0.342 e. The van der Waals surface area contributed by atoms with E-state index in [1.807, 2.05) is 42.6 Å². The van der Waals surface area contributed by atoms with E-state index in [0.29, 0.717) is 11.4 Å². The molecule has 0 N–H and O–H groups in total. The molecule has 0 unspecified atom stereocenters. The molecular weight excluding hydrogens is 384 g/mol. The summed E-state index contributed by atoms with van der Waals surface area (Å²) in [5.41, 5.74) is 2.81. The van der Waals surface area contributed by atoms with E-state index in [1.165, 1.54) is 5.39 Å². The van der Waals surface area contributed by atoms with Crippen LogP contribution in [0.2, 0.25) is 5.02 Å². The Bertz CT molecular complexity index is 1040. The van der Waals surface area contributed by atoms with Crippen molar-refractivity contribution in [3.05, 3.63) is 58.6 Å². The molecule has 2 aromatic heterocycles. The number of hydrogen-bond donors (Lipinski definition) is 0. The Balaban J connectivity index is 1.45. The van der Waals surface area contributed by atoms with Crippen molar-refractivity contribution in [3.8, 4) is 0 Å². The van der Waals surface area contributed by atoms with Crippen LogP contribution >= 0.6 is 11.6 Å². The lowest BCUT2D eigenvalue weighted by Gasteiger charge is -2.33. The number of carbonyl (C=O) groups excluding carboxylic acids is 1. The third-order valence-electron chi connectivity index (χ3n) is 5.97. The van der Waals surface area contributed by atoms with Gasteiger partial charge in [-0.1, -0.05) is 35.9 Å². The summed E-state index contributed by atoms with van der Waals surface area (Å²) in [6.45, 7) is 7.42. The van der Waals surface area contributed by atoms with Gasteiger partial charge in [-0.3, -0.25) is 14.5 Å². The number of hydrogen-bond acceptors (Lipinski definition) is 3. The van der Waals surface area contributed by atoms with Crippen LogP contribution in [0.4, 0.5) is 0 Å². The van der Waals surface area contributed by atoms with Gasteiger partial charge in [-0.05, 0) is 45.1 Å². The predicted molar refractivity (Wildman–Crippen MR) is 116 cm³/mol. The number of piperidine rings is 1. The fourth-order valence-electron chi connectivity index (χ4n) is 4.31. The van der Waals surface area contributed by atoms with Crippen LogP contribution in [-0.4, -0.2) is 38.7 Å². The minimum atomic E-state index is -0.0205. The number of benzene rings is 1. The van der Waals surface area contributed by atoms with Gasteiger partial charge >= 0.3 is 0 Å². The molecule has 0 saturated carbocycles. The molecule has 6 heteroatoms. The van der Waals surface area contributed by atoms with Gasteiger partial charge in [-0.15, -0.1) is 0 Å². The summed E-state index contributed by atoms with van der Waals surface area (Å²) in [7, 11) is 0. The summed E-state index contributed by atoms with van der Waals surface area (Å²) in [6, 6.07) is 10.4. The lowest BCUT2D eigenvalue weighted by atomic mass is 9.93. The summed E-state index contributed by atoms with van der Waals surface area (Å²) in [5, 5.41) is 7.54. The Labute approximate surface area is 176 Å². The second kappa shape index (κ2) is 8.15. The van der Waals surface area contributed by atoms with Crippen molar-refractivity contribution in [3.63, 3.8) is 0 Å². The zero-order valence-electron chi connectivity index (χ0n) is 17.2. The molecule has 0 aliphatic carbocycles. The van der Waals surface area contributed by atoms with Gasteiger partial charge in [0.1, 0.15) is 0 Å². The van der Waals surface area contributed by atoms with Crippen LogP contribution in [0.1, 0.15) is 55.2 Å². The van der Waals surface area contributed by atoms with E-state index < -0.39 is 0 Å². The fourth-order valence-corrected chi connectivity index (χ4v) is 4.43. The molecule has 1 amide bonds. The molecule has 29 heavy (non-hydrogen) atoms. The first kappa shape index (κ1) is 19.9. The Morgan fingerprint density at radius 3 is 2.76 bits per heavy atom. The van der Waals surface area contributed by atoms with Crippen molar-refractivity contribution in [2.45, 2.75) is 52.0 Å². The molecule has 0 spiro atoms. The van der Waals surface area contributed by atoms with Crippen molar-refractivity contribution in [1.82, 2.24) is 19.7 Å². The molecule has 1 aliphatic heterocycles. The summed E-state index contributed by atoms with van der Waals surface area (Å²) >= 11 is 6.27. The molecule has 152 valence electrons. The maximum Gasteiger partial charge on any atom is 0.224 e. The van der Waals surface area contributed by atoms with Crippen molar-refractivity contribution >= 4 is 28.3 Å². The van der Waals surface area contributed by atoms with Crippen molar-refractivity contribution in [1.29, 1.82) is 0 Å². The average molecular weight is 411 g/mol. The summed E-state index contributed by atoms with van der Waals surface area (Å²) in [4.78, 5) is 19.7. The number of carbonyl (C=O) groups is 1. The van der Waals surface area contributed by atoms with Gasteiger partial charge in [0.25, 0.3) is 0 Å². The van der Waals surface area contributed by atoms with Crippen LogP contribution in [0.15, 0.2) is 36.5 Å². The number of amides is 1. The monoisotopic (exact) mass is 410 g/mol. The van der Waals surface area contributed by atoms with Gasteiger partial charge in [0, 0.05) is 42.7 Å². The Kier molecular flexibility index (Phi) is 5.59. The van der Waals surface area contributed by atoms with Gasteiger partial charge in [0.2, 0.25) is 5.91 Å². The van der Waals surface area contributed by atoms with E-state index in [0.717, 1.165) is 48.4 Å². The molecule has 3 aromatic rings. The fraction of sp³-hybridized carbons (Fsp3) is 0.435. The van der Waals surface area contributed by atoms with E-state index in [1.54, 1.807) is 0 Å². The SMILES string of the molecule is Cc1nn([C@@H](C)CC(=O)N2CCC[C@@H](c3cc4ccccc4cn3)C2)c(C)c1Cl. The standard InChI is InChI=1S/C23H27ClN4O/c1-15(28-17(3)23(24)16(2)26-28)11-22(29)27-10-6-9-20(14-27)21-12-18-7-4-5-8-19(18)13-25-21/h4-5,7-8,12-13,15,20H,6,9-11,14H2,1-3H3/t15-,20+/m0/s1. The van der Waals surface area contributed by atoms with E-state index in [-0.39, 0.29) is 17.9 Å². The number of fused-ring (bicyclic) bond motifs is 1. The maximum absolute atomic E-state index is 13.0. The normalized spacial score (nSPS) is 18.2. The van der Waals surface area contributed by atoms with Crippen molar-refractivity contribution in [2.75, 3.05) is 13.1 Å². The van der Waals surface area contributed by atoms with Gasteiger partial charge in [-0.25, -0.2) is 0 Å². The number of rotatable bonds is 4. The number of halogens is 1. The van der Waals surface area contributed by atoms with Crippen LogP contribution in [0.25, 0.3) is 10.8 Å². The minimum Gasteiger partial charge on any atom is -0.342 e. The zero-order chi connectivity index (χ0) is 20.5. The molecule has 1 aromatic carbocycles. The number of aryl methyl sites for hydroxylation is 1. The van der Waals surface area contributed by atoms with Crippen LogP contribution in [-0.2, 0) is 4.79 Å². The zero-order valence-corrected chi connectivity index (χ0v) is 18.0. The molecule has 1 aliphatic rings. The molecule has 5 nitrogen and oxygen atoms in total. The summed E-state index contributed by atoms with van der Waals surface area (Å²) in [5.74, 6) is 0.461. The molecule has 2 atom stereocenters. The molecule has 4 rings (SSSR count). The van der Waals surface area contributed by atoms with E-state index in [9.17, 15) is 4.79 Å².